The first-order valence-electron chi connectivity index (χ1n) is 7.55. The lowest BCUT2D eigenvalue weighted by molar-refractivity contribution is 0.223. The molecule has 0 atom stereocenters. The molecule has 0 radical (unpaired) electrons. The van der Waals surface area contributed by atoms with E-state index in [4.69, 9.17) is 27.9 Å². The average molecular weight is 338 g/mol. The minimum atomic E-state index is 0.646. The Bertz CT molecular complexity index is 592. The zero-order valence-corrected chi connectivity index (χ0v) is 14.5. The minimum absolute atomic E-state index is 0.646. The Labute approximate surface area is 142 Å². The van der Waals surface area contributed by atoms with Gasteiger partial charge in [0.05, 0.1) is 0 Å². The van der Waals surface area contributed by atoms with Crippen LogP contribution in [0.3, 0.4) is 0 Å². The molecule has 0 amide bonds. The van der Waals surface area contributed by atoms with Crippen LogP contribution in [0.25, 0.3) is 11.1 Å². The van der Waals surface area contributed by atoms with Crippen molar-refractivity contribution in [1.82, 2.24) is 4.90 Å². The average Bonchev–Trinajstić information content (AvgIpc) is 2.52. The molecule has 2 nitrogen and oxygen atoms in total. The second-order valence-corrected chi connectivity index (χ2v) is 5.81. The Morgan fingerprint density at radius 2 is 1.59 bits per heavy atom. The van der Waals surface area contributed by atoms with Crippen molar-refractivity contribution in [2.45, 2.75) is 13.8 Å². The van der Waals surface area contributed by atoms with Gasteiger partial charge in [-0.3, -0.25) is 0 Å². The Balaban J connectivity index is 2.10. The summed E-state index contributed by atoms with van der Waals surface area (Å²) in [5.41, 5.74) is 1.82. The highest BCUT2D eigenvalue weighted by Crippen LogP contribution is 2.35. The molecular formula is C18H21Cl2NO. The summed E-state index contributed by atoms with van der Waals surface area (Å²) in [4.78, 5) is 2.33. The number of likely N-dealkylation sites (N-methyl/N-ethyl adjacent to an activating group) is 1. The van der Waals surface area contributed by atoms with E-state index in [9.17, 15) is 0 Å². The normalized spacial score (nSPS) is 11.0. The van der Waals surface area contributed by atoms with Gasteiger partial charge in [-0.15, -0.1) is 0 Å². The summed E-state index contributed by atoms with van der Waals surface area (Å²) < 4.78 is 5.85. The number of nitrogens with zero attached hydrogens (tertiary/aromatic N) is 1. The molecule has 0 aliphatic heterocycles. The third-order valence-corrected chi connectivity index (χ3v) is 4.29. The molecule has 0 heterocycles. The SMILES string of the molecule is CCN(CC)CCOc1cccc(-c2c(Cl)cccc2Cl)c1. The molecule has 4 heteroatoms. The van der Waals surface area contributed by atoms with E-state index >= 15 is 0 Å². The third-order valence-electron chi connectivity index (χ3n) is 3.66. The second-order valence-electron chi connectivity index (χ2n) is 5.00. The van der Waals surface area contributed by atoms with Gasteiger partial charge in [0.15, 0.2) is 0 Å². The minimum Gasteiger partial charge on any atom is -0.492 e. The van der Waals surface area contributed by atoms with E-state index in [0.29, 0.717) is 16.7 Å². The molecule has 0 saturated carbocycles. The largest absolute Gasteiger partial charge is 0.492 e. The van der Waals surface area contributed by atoms with Crippen LogP contribution in [0, 0.1) is 0 Å². The molecule has 0 N–H and O–H groups in total. The third kappa shape index (κ3) is 4.39. The van der Waals surface area contributed by atoms with Crippen LogP contribution in [0.2, 0.25) is 10.0 Å². The fourth-order valence-corrected chi connectivity index (χ4v) is 2.96. The standard InChI is InChI=1S/C18H21Cl2NO/c1-3-21(4-2)11-12-22-15-8-5-7-14(13-15)18-16(19)9-6-10-17(18)20/h5-10,13H,3-4,11-12H2,1-2H3. The molecule has 0 aromatic heterocycles. The Hall–Kier alpha value is -1.22. The number of hydrogen-bond acceptors (Lipinski definition) is 2. The molecule has 0 fully saturated rings. The molecule has 0 spiro atoms. The van der Waals surface area contributed by atoms with Crippen LogP contribution in [0.15, 0.2) is 42.5 Å². The topological polar surface area (TPSA) is 12.5 Å². The second kappa shape index (κ2) is 8.42. The zero-order valence-electron chi connectivity index (χ0n) is 13.0. The predicted molar refractivity (Wildman–Crippen MR) is 95.2 cm³/mol. The van der Waals surface area contributed by atoms with Crippen LogP contribution in [-0.4, -0.2) is 31.1 Å². The van der Waals surface area contributed by atoms with Gasteiger partial charge in [0.2, 0.25) is 0 Å². The predicted octanol–water partition coefficient (Wildman–Crippen LogP) is 5.38. The highest BCUT2D eigenvalue weighted by atomic mass is 35.5. The smallest absolute Gasteiger partial charge is 0.119 e. The van der Waals surface area contributed by atoms with E-state index in [1.165, 1.54) is 0 Å². The summed E-state index contributed by atoms with van der Waals surface area (Å²) in [6.45, 7) is 7.97. The Morgan fingerprint density at radius 1 is 0.955 bits per heavy atom. The maximum Gasteiger partial charge on any atom is 0.119 e. The summed E-state index contributed by atoms with van der Waals surface area (Å²) in [6.07, 6.45) is 0. The molecule has 0 saturated heterocycles. The molecule has 0 aliphatic rings. The van der Waals surface area contributed by atoms with Crippen LogP contribution in [0.5, 0.6) is 5.75 Å². The number of benzene rings is 2. The van der Waals surface area contributed by atoms with Crippen LogP contribution in [0.1, 0.15) is 13.8 Å². The molecule has 2 rings (SSSR count). The van der Waals surface area contributed by atoms with Crippen molar-refractivity contribution in [2.24, 2.45) is 0 Å². The van der Waals surface area contributed by atoms with Crippen molar-refractivity contribution >= 4 is 23.2 Å². The molecule has 2 aromatic carbocycles. The zero-order chi connectivity index (χ0) is 15.9. The first-order valence-corrected chi connectivity index (χ1v) is 8.30. The fourth-order valence-electron chi connectivity index (χ4n) is 2.35. The number of halogens is 2. The summed E-state index contributed by atoms with van der Waals surface area (Å²) in [5.74, 6) is 0.834. The van der Waals surface area contributed by atoms with Crippen LogP contribution in [0.4, 0.5) is 0 Å². The number of hydrogen-bond donors (Lipinski definition) is 0. The lowest BCUT2D eigenvalue weighted by Gasteiger charge is -2.18. The summed E-state index contributed by atoms with van der Waals surface area (Å²) >= 11 is 12.5. The molecular weight excluding hydrogens is 317 g/mol. The van der Waals surface area contributed by atoms with Gasteiger partial charge in [0, 0.05) is 22.2 Å². The molecule has 0 aliphatic carbocycles. The van der Waals surface area contributed by atoms with Gasteiger partial charge in [-0.05, 0) is 42.9 Å². The summed E-state index contributed by atoms with van der Waals surface area (Å²) in [5, 5.41) is 1.29. The molecule has 2 aromatic rings. The first kappa shape index (κ1) is 17.1. The van der Waals surface area contributed by atoms with Gasteiger partial charge in [0.25, 0.3) is 0 Å². The van der Waals surface area contributed by atoms with E-state index in [1.807, 2.05) is 42.5 Å². The van der Waals surface area contributed by atoms with Gasteiger partial charge < -0.3 is 9.64 Å². The summed E-state index contributed by atoms with van der Waals surface area (Å²) in [6, 6.07) is 13.4. The van der Waals surface area contributed by atoms with Crippen molar-refractivity contribution in [3.63, 3.8) is 0 Å². The lowest BCUT2D eigenvalue weighted by Crippen LogP contribution is -2.27. The van der Waals surface area contributed by atoms with E-state index in [-0.39, 0.29) is 0 Å². The number of ether oxygens (including phenoxy) is 1. The van der Waals surface area contributed by atoms with Crippen molar-refractivity contribution in [1.29, 1.82) is 0 Å². The highest BCUT2D eigenvalue weighted by molar-refractivity contribution is 6.39. The Kier molecular flexibility index (Phi) is 6.56. The van der Waals surface area contributed by atoms with Crippen LogP contribution in [-0.2, 0) is 0 Å². The van der Waals surface area contributed by atoms with E-state index in [0.717, 1.165) is 36.5 Å². The monoisotopic (exact) mass is 337 g/mol. The molecule has 0 unspecified atom stereocenters. The van der Waals surface area contributed by atoms with Gasteiger partial charge in [-0.1, -0.05) is 55.2 Å². The molecule has 0 bridgehead atoms. The van der Waals surface area contributed by atoms with E-state index in [1.54, 1.807) is 0 Å². The summed E-state index contributed by atoms with van der Waals surface area (Å²) in [7, 11) is 0. The van der Waals surface area contributed by atoms with Gasteiger partial charge >= 0.3 is 0 Å². The molecule has 22 heavy (non-hydrogen) atoms. The van der Waals surface area contributed by atoms with Crippen molar-refractivity contribution in [3.8, 4) is 16.9 Å². The van der Waals surface area contributed by atoms with Crippen molar-refractivity contribution in [2.75, 3.05) is 26.2 Å². The Morgan fingerprint density at radius 3 is 2.23 bits per heavy atom. The van der Waals surface area contributed by atoms with Gasteiger partial charge in [0.1, 0.15) is 12.4 Å². The van der Waals surface area contributed by atoms with E-state index in [2.05, 4.69) is 18.7 Å². The quantitative estimate of drug-likeness (QED) is 0.672. The molecule has 118 valence electrons. The lowest BCUT2D eigenvalue weighted by atomic mass is 10.1. The van der Waals surface area contributed by atoms with Gasteiger partial charge in [-0.25, -0.2) is 0 Å². The number of rotatable bonds is 7. The van der Waals surface area contributed by atoms with Crippen molar-refractivity contribution in [3.05, 3.63) is 52.5 Å². The fraction of sp³-hybridized carbons (Fsp3) is 0.333. The van der Waals surface area contributed by atoms with E-state index < -0.39 is 0 Å². The first-order chi connectivity index (χ1) is 10.7. The van der Waals surface area contributed by atoms with Crippen LogP contribution >= 0.6 is 23.2 Å². The van der Waals surface area contributed by atoms with Crippen molar-refractivity contribution < 1.29 is 4.74 Å². The highest BCUT2D eigenvalue weighted by Gasteiger charge is 2.09. The maximum absolute atomic E-state index is 6.27. The van der Waals surface area contributed by atoms with Crippen LogP contribution < -0.4 is 4.74 Å². The van der Waals surface area contributed by atoms with Gasteiger partial charge in [-0.2, -0.15) is 0 Å². The maximum atomic E-state index is 6.27.